The van der Waals surface area contributed by atoms with Crippen molar-refractivity contribution >= 4 is 11.9 Å². The maximum atomic E-state index is 12.4. The first-order valence-corrected chi connectivity index (χ1v) is 8.51. The average molecular weight is 356 g/mol. The van der Waals surface area contributed by atoms with E-state index in [0.717, 1.165) is 5.56 Å². The van der Waals surface area contributed by atoms with Gasteiger partial charge < -0.3 is 15.3 Å². The summed E-state index contributed by atoms with van der Waals surface area (Å²) in [5, 5.41) is 1.32. The van der Waals surface area contributed by atoms with Gasteiger partial charge in [0.15, 0.2) is 0 Å². The Balaban J connectivity index is 2.11. The molecular formula is C20H24N2O4. The Kier molecular flexibility index (Phi) is 7.79. The smallest absolute Gasteiger partial charge is 0.357 e. The zero-order chi connectivity index (χ0) is 18.8. The van der Waals surface area contributed by atoms with Crippen LogP contribution in [-0.2, 0) is 20.8 Å². The summed E-state index contributed by atoms with van der Waals surface area (Å²) < 4.78 is 4.90. The quantitative estimate of drug-likeness (QED) is 0.548. The molecule has 6 heteroatoms. The van der Waals surface area contributed by atoms with Crippen molar-refractivity contribution in [2.45, 2.75) is 18.9 Å². The molecule has 0 radical (unpaired) electrons. The third-order valence-corrected chi connectivity index (χ3v) is 3.93. The van der Waals surface area contributed by atoms with Crippen LogP contribution in [0.4, 0.5) is 0 Å². The van der Waals surface area contributed by atoms with Gasteiger partial charge in [0.2, 0.25) is 0 Å². The summed E-state index contributed by atoms with van der Waals surface area (Å²) in [7, 11) is 1.32. The first-order valence-electron chi connectivity index (χ1n) is 8.51. The second-order valence-electron chi connectivity index (χ2n) is 5.74. The molecule has 138 valence electrons. The molecule has 0 fully saturated rings. The maximum Gasteiger partial charge on any atom is 0.357 e. The van der Waals surface area contributed by atoms with E-state index in [1.54, 1.807) is 24.3 Å². The lowest BCUT2D eigenvalue weighted by Gasteiger charge is -2.27. The molecule has 0 aliphatic heterocycles. The van der Waals surface area contributed by atoms with Crippen LogP contribution in [0.1, 0.15) is 22.3 Å². The van der Waals surface area contributed by atoms with Crippen LogP contribution in [0.5, 0.6) is 0 Å². The topological polar surface area (TPSA) is 81.9 Å². The highest BCUT2D eigenvalue weighted by molar-refractivity contribution is 5.89. The average Bonchev–Trinajstić information content (AvgIpc) is 2.69. The van der Waals surface area contributed by atoms with Gasteiger partial charge in [-0.25, -0.2) is 4.79 Å². The van der Waals surface area contributed by atoms with Crippen LogP contribution >= 0.6 is 0 Å². The number of benzene rings is 2. The van der Waals surface area contributed by atoms with Crippen LogP contribution in [0.15, 0.2) is 60.7 Å². The minimum absolute atomic E-state index is 0.229. The molecule has 0 heterocycles. The molecule has 2 rings (SSSR count). The van der Waals surface area contributed by atoms with Crippen LogP contribution in [0.3, 0.4) is 0 Å². The first-order chi connectivity index (χ1) is 12.7. The number of nitrogens with zero attached hydrogens (tertiary/aromatic N) is 1. The van der Waals surface area contributed by atoms with Gasteiger partial charge in [-0.05, 0) is 30.5 Å². The summed E-state index contributed by atoms with van der Waals surface area (Å²) in [5.74, 6) is -0.997. The van der Waals surface area contributed by atoms with E-state index in [2.05, 4.69) is 0 Å². The predicted molar refractivity (Wildman–Crippen MR) is 98.2 cm³/mol. The van der Waals surface area contributed by atoms with Gasteiger partial charge in [0.25, 0.3) is 0 Å². The van der Waals surface area contributed by atoms with Crippen molar-refractivity contribution in [3.05, 3.63) is 71.8 Å². The number of carbonyl (C=O) groups is 2. The summed E-state index contributed by atoms with van der Waals surface area (Å²) in [6, 6.07) is 17.7. The summed E-state index contributed by atoms with van der Waals surface area (Å²) in [5.41, 5.74) is 7.14. The van der Waals surface area contributed by atoms with Crippen molar-refractivity contribution in [1.82, 2.24) is 5.06 Å². The lowest BCUT2D eigenvalue weighted by atomic mass is 10.1. The third kappa shape index (κ3) is 5.68. The van der Waals surface area contributed by atoms with E-state index in [9.17, 15) is 9.59 Å². The molecule has 6 nitrogen and oxygen atoms in total. The molecule has 2 aromatic rings. The lowest BCUT2D eigenvalue weighted by molar-refractivity contribution is -0.174. The number of ether oxygens (including phenoxy) is 1. The highest BCUT2D eigenvalue weighted by atomic mass is 16.7. The SMILES string of the molecule is COC(=O)[C@@H](CCc1ccccc1)N(CCN)OC(=O)c1ccccc1. The zero-order valence-corrected chi connectivity index (χ0v) is 14.8. The molecule has 0 amide bonds. The summed E-state index contributed by atoms with van der Waals surface area (Å²) in [4.78, 5) is 30.1. The van der Waals surface area contributed by atoms with Crippen molar-refractivity contribution in [1.29, 1.82) is 0 Å². The fourth-order valence-corrected chi connectivity index (χ4v) is 2.59. The Morgan fingerprint density at radius 3 is 2.23 bits per heavy atom. The number of carbonyl (C=O) groups excluding carboxylic acids is 2. The summed E-state index contributed by atoms with van der Waals surface area (Å²) >= 11 is 0. The van der Waals surface area contributed by atoms with Crippen LogP contribution in [0.2, 0.25) is 0 Å². The van der Waals surface area contributed by atoms with Gasteiger partial charge in [0.1, 0.15) is 6.04 Å². The number of methoxy groups -OCH3 is 1. The number of hydroxylamine groups is 2. The minimum Gasteiger partial charge on any atom is -0.468 e. The highest BCUT2D eigenvalue weighted by Crippen LogP contribution is 2.14. The maximum absolute atomic E-state index is 12.4. The fraction of sp³-hybridized carbons (Fsp3) is 0.300. The molecule has 0 unspecified atom stereocenters. The largest absolute Gasteiger partial charge is 0.468 e. The molecule has 26 heavy (non-hydrogen) atoms. The number of esters is 1. The number of hydrogen-bond donors (Lipinski definition) is 1. The van der Waals surface area contributed by atoms with E-state index in [0.29, 0.717) is 18.4 Å². The van der Waals surface area contributed by atoms with Crippen molar-refractivity contribution in [2.75, 3.05) is 20.2 Å². The highest BCUT2D eigenvalue weighted by Gasteiger charge is 2.30. The van der Waals surface area contributed by atoms with Gasteiger partial charge in [-0.2, -0.15) is 0 Å². The number of aryl methyl sites for hydroxylation is 1. The second kappa shape index (κ2) is 10.3. The summed E-state index contributed by atoms with van der Waals surface area (Å²) in [6.45, 7) is 0.466. The van der Waals surface area contributed by atoms with E-state index in [1.807, 2.05) is 36.4 Å². The lowest BCUT2D eigenvalue weighted by Crippen LogP contribution is -2.45. The summed E-state index contributed by atoms with van der Waals surface area (Å²) in [6.07, 6.45) is 1.09. The minimum atomic E-state index is -0.726. The van der Waals surface area contributed by atoms with E-state index in [-0.39, 0.29) is 13.1 Å². The Bertz CT molecular complexity index is 691. The van der Waals surface area contributed by atoms with Gasteiger partial charge in [-0.3, -0.25) is 4.79 Å². The van der Waals surface area contributed by atoms with Crippen molar-refractivity contribution in [3.8, 4) is 0 Å². The molecular weight excluding hydrogens is 332 g/mol. The van der Waals surface area contributed by atoms with Crippen LogP contribution in [0.25, 0.3) is 0 Å². The van der Waals surface area contributed by atoms with Gasteiger partial charge >= 0.3 is 11.9 Å². The Labute approximate surface area is 153 Å². The molecule has 2 aromatic carbocycles. The van der Waals surface area contributed by atoms with E-state index < -0.39 is 18.0 Å². The molecule has 0 spiro atoms. The predicted octanol–water partition coefficient (Wildman–Crippen LogP) is 2.19. The van der Waals surface area contributed by atoms with Crippen molar-refractivity contribution in [2.24, 2.45) is 5.73 Å². The standard InChI is InChI=1S/C20H24N2O4/c1-25-20(24)18(13-12-16-8-4-2-5-9-16)22(15-14-21)26-19(23)17-10-6-3-7-11-17/h2-11,18H,12-15,21H2,1H3/t18-/m1/s1. The Morgan fingerprint density at radius 1 is 1.04 bits per heavy atom. The second-order valence-corrected chi connectivity index (χ2v) is 5.74. The monoisotopic (exact) mass is 356 g/mol. The van der Waals surface area contributed by atoms with Gasteiger partial charge in [-0.15, -0.1) is 5.06 Å². The number of rotatable bonds is 9. The van der Waals surface area contributed by atoms with Crippen LogP contribution < -0.4 is 5.73 Å². The van der Waals surface area contributed by atoms with Crippen molar-refractivity contribution < 1.29 is 19.2 Å². The first kappa shape index (κ1) is 19.6. The van der Waals surface area contributed by atoms with E-state index in [4.69, 9.17) is 15.3 Å². The molecule has 0 saturated carbocycles. The molecule has 1 atom stereocenters. The zero-order valence-electron chi connectivity index (χ0n) is 14.8. The molecule has 0 saturated heterocycles. The van der Waals surface area contributed by atoms with Crippen LogP contribution in [0, 0.1) is 0 Å². The molecule has 0 aliphatic carbocycles. The van der Waals surface area contributed by atoms with Gasteiger partial charge in [0, 0.05) is 13.1 Å². The number of nitrogens with two attached hydrogens (primary N) is 1. The van der Waals surface area contributed by atoms with Gasteiger partial charge in [-0.1, -0.05) is 48.5 Å². The van der Waals surface area contributed by atoms with Gasteiger partial charge in [0.05, 0.1) is 12.7 Å². The molecule has 2 N–H and O–H groups in total. The molecule has 0 aromatic heterocycles. The van der Waals surface area contributed by atoms with E-state index >= 15 is 0 Å². The Hall–Kier alpha value is -2.70. The Morgan fingerprint density at radius 2 is 1.65 bits per heavy atom. The molecule has 0 aliphatic rings. The normalized spacial score (nSPS) is 11.8. The third-order valence-electron chi connectivity index (χ3n) is 3.93. The fourth-order valence-electron chi connectivity index (χ4n) is 2.59. The number of hydrogen-bond acceptors (Lipinski definition) is 6. The van der Waals surface area contributed by atoms with Crippen molar-refractivity contribution in [3.63, 3.8) is 0 Å². The van der Waals surface area contributed by atoms with E-state index in [1.165, 1.54) is 12.2 Å². The molecule has 0 bridgehead atoms. The van der Waals surface area contributed by atoms with Crippen LogP contribution in [-0.4, -0.2) is 43.2 Å².